The van der Waals surface area contributed by atoms with Gasteiger partial charge in [-0.1, -0.05) is 35.9 Å². The number of hydrogen-bond acceptors (Lipinski definition) is 5. The maximum Gasteiger partial charge on any atom is 0.230 e. The summed E-state index contributed by atoms with van der Waals surface area (Å²) in [5.41, 5.74) is 2.31. The molecule has 1 amide bonds. The zero-order chi connectivity index (χ0) is 19.5. The zero-order valence-electron chi connectivity index (χ0n) is 16.3. The van der Waals surface area contributed by atoms with Gasteiger partial charge in [-0.3, -0.25) is 4.79 Å². The maximum atomic E-state index is 13.4. The van der Waals surface area contributed by atoms with Gasteiger partial charge in [0.05, 0.1) is 5.92 Å². The van der Waals surface area contributed by atoms with E-state index in [0.29, 0.717) is 11.8 Å². The molecule has 5 nitrogen and oxygen atoms in total. The molecular weight excluding hydrogens is 370 g/mol. The van der Waals surface area contributed by atoms with Gasteiger partial charge in [0.1, 0.15) is 0 Å². The molecule has 146 valence electrons. The van der Waals surface area contributed by atoms with Crippen LogP contribution in [0.15, 0.2) is 46.2 Å². The number of likely N-dealkylation sites (tertiary alicyclic amines) is 1. The number of amides is 1. The number of benzene rings is 1. The van der Waals surface area contributed by atoms with E-state index in [1.54, 1.807) is 11.3 Å². The molecule has 1 aliphatic heterocycles. The number of aromatic nitrogens is 2. The number of carbonyl (C=O) groups is 1. The Hall–Kier alpha value is -2.47. The third-order valence-corrected chi connectivity index (χ3v) is 6.36. The van der Waals surface area contributed by atoms with E-state index in [-0.39, 0.29) is 17.7 Å². The van der Waals surface area contributed by atoms with Gasteiger partial charge in [0, 0.05) is 30.8 Å². The lowest BCUT2D eigenvalue weighted by atomic mass is 9.90. The van der Waals surface area contributed by atoms with Crippen molar-refractivity contribution in [3.05, 3.63) is 69.6 Å². The number of nitrogens with zero attached hydrogens (tertiary/aromatic N) is 3. The van der Waals surface area contributed by atoms with Crippen molar-refractivity contribution in [1.29, 1.82) is 0 Å². The predicted molar refractivity (Wildman–Crippen MR) is 110 cm³/mol. The minimum Gasteiger partial charge on any atom is -0.425 e. The summed E-state index contributed by atoms with van der Waals surface area (Å²) in [6.07, 6.45) is 2.49. The standard InChI is InChI=1S/C22H25N3O2S/c1-15-5-7-17(8-6-15)20(14-19-4-3-13-28-19)22(26)25-11-9-18(10-12-25)21-24-23-16(2)27-21/h3-8,13,18,20H,9-12,14H2,1-2H3. The van der Waals surface area contributed by atoms with Crippen LogP contribution in [0.25, 0.3) is 0 Å². The second-order valence-corrected chi connectivity index (χ2v) is 8.54. The molecule has 0 N–H and O–H groups in total. The summed E-state index contributed by atoms with van der Waals surface area (Å²) in [7, 11) is 0. The molecule has 28 heavy (non-hydrogen) atoms. The summed E-state index contributed by atoms with van der Waals surface area (Å²) in [6, 6.07) is 12.5. The Balaban J connectivity index is 1.48. The van der Waals surface area contributed by atoms with E-state index in [4.69, 9.17) is 4.42 Å². The van der Waals surface area contributed by atoms with Crippen LogP contribution in [0.3, 0.4) is 0 Å². The Morgan fingerprint density at radius 1 is 1.18 bits per heavy atom. The molecule has 2 aromatic heterocycles. The van der Waals surface area contributed by atoms with Crippen molar-refractivity contribution in [2.45, 2.75) is 44.9 Å². The molecule has 4 rings (SSSR count). The number of aryl methyl sites for hydroxylation is 2. The first kappa shape index (κ1) is 18.9. The Bertz CT molecular complexity index is 910. The quantitative estimate of drug-likeness (QED) is 0.639. The van der Waals surface area contributed by atoms with Crippen molar-refractivity contribution in [1.82, 2.24) is 15.1 Å². The Labute approximate surface area is 169 Å². The normalized spacial score (nSPS) is 16.3. The highest BCUT2D eigenvalue weighted by molar-refractivity contribution is 7.09. The van der Waals surface area contributed by atoms with Gasteiger partial charge >= 0.3 is 0 Å². The third kappa shape index (κ3) is 4.17. The van der Waals surface area contributed by atoms with Crippen LogP contribution < -0.4 is 0 Å². The fraction of sp³-hybridized carbons (Fsp3) is 0.409. The van der Waals surface area contributed by atoms with Crippen LogP contribution in [-0.4, -0.2) is 34.1 Å². The highest BCUT2D eigenvalue weighted by Crippen LogP contribution is 2.31. The smallest absolute Gasteiger partial charge is 0.230 e. The molecule has 3 heterocycles. The van der Waals surface area contributed by atoms with Crippen molar-refractivity contribution >= 4 is 17.2 Å². The summed E-state index contributed by atoms with van der Waals surface area (Å²) in [6.45, 7) is 5.35. The Morgan fingerprint density at radius 2 is 1.93 bits per heavy atom. The molecule has 1 fully saturated rings. The van der Waals surface area contributed by atoms with Gasteiger partial charge in [-0.25, -0.2) is 0 Å². The maximum absolute atomic E-state index is 13.4. The molecule has 0 bridgehead atoms. The lowest BCUT2D eigenvalue weighted by molar-refractivity contribution is -0.134. The van der Waals surface area contributed by atoms with E-state index in [2.05, 4.69) is 58.9 Å². The Kier molecular flexibility index (Phi) is 5.57. The SMILES string of the molecule is Cc1ccc(C(Cc2cccs2)C(=O)N2CCC(c3nnc(C)o3)CC2)cc1. The van der Waals surface area contributed by atoms with E-state index >= 15 is 0 Å². The second kappa shape index (κ2) is 8.27. The molecule has 3 aromatic rings. The van der Waals surface area contributed by atoms with Gasteiger partial charge in [0.2, 0.25) is 17.7 Å². The fourth-order valence-electron chi connectivity index (χ4n) is 3.82. The summed E-state index contributed by atoms with van der Waals surface area (Å²) in [5, 5.41) is 10.2. The molecule has 0 spiro atoms. The van der Waals surface area contributed by atoms with Crippen LogP contribution in [0, 0.1) is 13.8 Å². The minimum atomic E-state index is -0.138. The van der Waals surface area contributed by atoms with Gasteiger partial charge in [-0.15, -0.1) is 21.5 Å². The molecule has 1 aromatic carbocycles. The first-order valence-corrected chi connectivity index (χ1v) is 10.7. The van der Waals surface area contributed by atoms with Gasteiger partial charge in [-0.05, 0) is 43.2 Å². The molecule has 1 unspecified atom stereocenters. The van der Waals surface area contributed by atoms with Crippen LogP contribution in [-0.2, 0) is 11.2 Å². The molecular formula is C22H25N3O2S. The van der Waals surface area contributed by atoms with E-state index in [1.807, 2.05) is 11.8 Å². The van der Waals surface area contributed by atoms with Gasteiger partial charge < -0.3 is 9.32 Å². The largest absolute Gasteiger partial charge is 0.425 e. The summed E-state index contributed by atoms with van der Waals surface area (Å²) in [5.74, 6) is 1.64. The van der Waals surface area contributed by atoms with E-state index in [1.165, 1.54) is 10.4 Å². The molecule has 1 saturated heterocycles. The lowest BCUT2D eigenvalue weighted by Gasteiger charge is -2.33. The minimum absolute atomic E-state index is 0.138. The van der Waals surface area contributed by atoms with Gasteiger partial charge in [0.15, 0.2) is 0 Å². The van der Waals surface area contributed by atoms with Crippen LogP contribution in [0.2, 0.25) is 0 Å². The fourth-order valence-corrected chi connectivity index (χ4v) is 4.57. The lowest BCUT2D eigenvalue weighted by Crippen LogP contribution is -2.41. The number of rotatable bonds is 5. The van der Waals surface area contributed by atoms with Gasteiger partial charge in [0.25, 0.3) is 0 Å². The van der Waals surface area contributed by atoms with Crippen molar-refractivity contribution in [2.75, 3.05) is 13.1 Å². The summed E-state index contributed by atoms with van der Waals surface area (Å²) in [4.78, 5) is 16.7. The average Bonchev–Trinajstić information content (AvgIpc) is 3.38. The average molecular weight is 396 g/mol. The van der Waals surface area contributed by atoms with E-state index in [9.17, 15) is 4.79 Å². The monoisotopic (exact) mass is 395 g/mol. The summed E-state index contributed by atoms with van der Waals surface area (Å²) < 4.78 is 5.59. The molecule has 1 atom stereocenters. The van der Waals surface area contributed by atoms with Crippen LogP contribution in [0.4, 0.5) is 0 Å². The van der Waals surface area contributed by atoms with Gasteiger partial charge in [-0.2, -0.15) is 0 Å². The highest BCUT2D eigenvalue weighted by Gasteiger charge is 2.31. The van der Waals surface area contributed by atoms with Crippen molar-refractivity contribution in [2.24, 2.45) is 0 Å². The molecule has 0 aliphatic carbocycles. The van der Waals surface area contributed by atoms with E-state index < -0.39 is 0 Å². The molecule has 0 radical (unpaired) electrons. The number of hydrogen-bond donors (Lipinski definition) is 0. The number of carbonyl (C=O) groups excluding carboxylic acids is 1. The van der Waals surface area contributed by atoms with Crippen molar-refractivity contribution in [3.63, 3.8) is 0 Å². The van der Waals surface area contributed by atoms with Crippen LogP contribution in [0.1, 0.15) is 52.5 Å². The number of piperidine rings is 1. The first-order chi connectivity index (χ1) is 13.6. The number of thiophene rings is 1. The van der Waals surface area contributed by atoms with Crippen LogP contribution in [0.5, 0.6) is 0 Å². The molecule has 1 aliphatic rings. The second-order valence-electron chi connectivity index (χ2n) is 7.51. The van der Waals surface area contributed by atoms with E-state index in [0.717, 1.165) is 37.9 Å². The Morgan fingerprint density at radius 3 is 2.54 bits per heavy atom. The van der Waals surface area contributed by atoms with Crippen molar-refractivity contribution < 1.29 is 9.21 Å². The third-order valence-electron chi connectivity index (χ3n) is 5.46. The first-order valence-electron chi connectivity index (χ1n) is 9.78. The predicted octanol–water partition coefficient (Wildman–Crippen LogP) is 4.48. The zero-order valence-corrected chi connectivity index (χ0v) is 17.1. The molecule has 6 heteroatoms. The molecule has 0 saturated carbocycles. The van der Waals surface area contributed by atoms with Crippen LogP contribution >= 0.6 is 11.3 Å². The highest BCUT2D eigenvalue weighted by atomic mass is 32.1. The van der Waals surface area contributed by atoms with Crippen molar-refractivity contribution in [3.8, 4) is 0 Å². The summed E-state index contributed by atoms with van der Waals surface area (Å²) >= 11 is 1.71. The topological polar surface area (TPSA) is 59.2 Å².